The molecule has 1 heterocycles. The first-order valence-corrected chi connectivity index (χ1v) is 9.70. The highest BCUT2D eigenvalue weighted by Crippen LogP contribution is 2.25. The normalized spacial score (nSPS) is 18.7. The van der Waals surface area contributed by atoms with E-state index in [0.717, 1.165) is 45.0 Å². The zero-order chi connectivity index (χ0) is 19.2. The number of likely N-dealkylation sites (tertiary alicyclic amines) is 1. The predicted octanol–water partition coefficient (Wildman–Crippen LogP) is 2.83. The lowest BCUT2D eigenvalue weighted by Crippen LogP contribution is -2.47. The van der Waals surface area contributed by atoms with Gasteiger partial charge in [0.25, 0.3) is 0 Å². The summed E-state index contributed by atoms with van der Waals surface area (Å²) < 4.78 is 0. The van der Waals surface area contributed by atoms with Crippen LogP contribution in [0.15, 0.2) is 29.3 Å². The number of nitrogens with zero attached hydrogens (tertiary/aromatic N) is 2. The van der Waals surface area contributed by atoms with Gasteiger partial charge in [-0.3, -0.25) is 9.79 Å². The third kappa shape index (κ3) is 5.75. The van der Waals surface area contributed by atoms with Crippen molar-refractivity contribution in [1.29, 1.82) is 0 Å². The molecule has 0 aliphatic carbocycles. The lowest BCUT2D eigenvalue weighted by molar-refractivity contribution is -0.119. The van der Waals surface area contributed by atoms with Gasteiger partial charge < -0.3 is 16.0 Å². The maximum Gasteiger partial charge on any atom is 0.217 e. The third-order valence-corrected chi connectivity index (χ3v) is 5.07. The number of nitrogens with one attached hydrogen (secondary N) is 1. The van der Waals surface area contributed by atoms with Crippen LogP contribution in [0.25, 0.3) is 0 Å². The second kappa shape index (κ2) is 9.06. The van der Waals surface area contributed by atoms with E-state index in [9.17, 15) is 4.79 Å². The van der Waals surface area contributed by atoms with Crippen molar-refractivity contribution < 1.29 is 4.79 Å². The van der Waals surface area contributed by atoms with E-state index in [2.05, 4.69) is 62.2 Å². The molecule has 1 atom stereocenters. The predicted molar refractivity (Wildman–Crippen MR) is 108 cm³/mol. The van der Waals surface area contributed by atoms with Crippen LogP contribution in [0, 0.1) is 12.8 Å². The Labute approximate surface area is 158 Å². The van der Waals surface area contributed by atoms with Gasteiger partial charge in [0.1, 0.15) is 0 Å². The number of hydrogen-bond acceptors (Lipinski definition) is 2. The quantitative estimate of drug-likeness (QED) is 0.607. The van der Waals surface area contributed by atoms with Crippen molar-refractivity contribution in [1.82, 2.24) is 10.2 Å². The Bertz CT molecular complexity index is 639. The average molecular weight is 359 g/mol. The van der Waals surface area contributed by atoms with E-state index in [0.29, 0.717) is 12.3 Å². The zero-order valence-corrected chi connectivity index (χ0v) is 16.7. The fourth-order valence-electron chi connectivity index (χ4n) is 3.56. The number of aryl methyl sites for hydroxylation is 1. The maximum absolute atomic E-state index is 11.3. The molecule has 2 rings (SSSR count). The van der Waals surface area contributed by atoms with E-state index >= 15 is 0 Å². The van der Waals surface area contributed by atoms with Crippen molar-refractivity contribution in [2.24, 2.45) is 16.6 Å². The van der Waals surface area contributed by atoms with Crippen LogP contribution in [-0.2, 0) is 10.2 Å². The van der Waals surface area contributed by atoms with E-state index in [1.54, 1.807) is 0 Å². The van der Waals surface area contributed by atoms with Crippen LogP contribution < -0.4 is 11.1 Å². The van der Waals surface area contributed by atoms with Gasteiger partial charge in [-0.1, -0.05) is 43.7 Å². The number of carbonyl (C=O) groups excluding carboxylic acids is 1. The number of benzene rings is 1. The lowest BCUT2D eigenvalue weighted by atomic mass is 9.84. The highest BCUT2D eigenvalue weighted by molar-refractivity contribution is 5.80. The third-order valence-electron chi connectivity index (χ3n) is 5.07. The highest BCUT2D eigenvalue weighted by atomic mass is 16.1. The smallest absolute Gasteiger partial charge is 0.217 e. The minimum atomic E-state index is -0.209. The van der Waals surface area contributed by atoms with Crippen LogP contribution in [0.4, 0.5) is 0 Å². The highest BCUT2D eigenvalue weighted by Gasteiger charge is 2.25. The number of primary amides is 1. The molecule has 0 radical (unpaired) electrons. The van der Waals surface area contributed by atoms with Crippen LogP contribution in [0.5, 0.6) is 0 Å². The van der Waals surface area contributed by atoms with Gasteiger partial charge in [0.2, 0.25) is 5.91 Å². The Morgan fingerprint density at radius 1 is 1.42 bits per heavy atom. The van der Waals surface area contributed by atoms with Gasteiger partial charge in [0.05, 0.1) is 6.54 Å². The molecule has 0 aromatic heterocycles. The van der Waals surface area contributed by atoms with E-state index in [1.807, 2.05) is 0 Å². The molecule has 1 aliphatic rings. The van der Waals surface area contributed by atoms with Crippen LogP contribution in [0.2, 0.25) is 0 Å². The molecule has 1 fully saturated rings. The summed E-state index contributed by atoms with van der Waals surface area (Å²) in [5.41, 5.74) is 7.94. The molecule has 5 nitrogen and oxygen atoms in total. The molecule has 1 aromatic rings. The number of carbonyl (C=O) groups is 1. The summed E-state index contributed by atoms with van der Waals surface area (Å²) in [6.45, 7) is 12.1. The monoisotopic (exact) mass is 358 g/mol. The van der Waals surface area contributed by atoms with E-state index < -0.39 is 0 Å². The Hall–Kier alpha value is -2.04. The Morgan fingerprint density at radius 3 is 2.85 bits per heavy atom. The van der Waals surface area contributed by atoms with Gasteiger partial charge in [-0.25, -0.2) is 0 Å². The molecule has 26 heavy (non-hydrogen) atoms. The summed E-state index contributed by atoms with van der Waals surface area (Å²) in [6, 6.07) is 8.66. The van der Waals surface area contributed by atoms with Gasteiger partial charge in [-0.15, -0.1) is 0 Å². The van der Waals surface area contributed by atoms with Gasteiger partial charge in [-0.05, 0) is 38.2 Å². The molecule has 3 N–H and O–H groups in total. The SMILES string of the molecule is CCNC(=NCC(C)(C)c1cccc(C)c1)N1CCCC(CC(N)=O)C1. The minimum absolute atomic E-state index is 0.0326. The van der Waals surface area contributed by atoms with Gasteiger partial charge >= 0.3 is 0 Å². The number of aliphatic imine (C=N–C) groups is 1. The maximum atomic E-state index is 11.3. The molecular weight excluding hydrogens is 324 g/mol. The minimum Gasteiger partial charge on any atom is -0.370 e. The van der Waals surface area contributed by atoms with Gasteiger partial charge in [0, 0.05) is 31.5 Å². The second-order valence-corrected chi connectivity index (χ2v) is 8.05. The molecule has 0 bridgehead atoms. The molecule has 1 unspecified atom stereocenters. The molecule has 1 aliphatic heterocycles. The first kappa shape index (κ1) is 20.3. The largest absolute Gasteiger partial charge is 0.370 e. The van der Waals surface area contributed by atoms with Gasteiger partial charge in [-0.2, -0.15) is 0 Å². The molecule has 0 spiro atoms. The topological polar surface area (TPSA) is 70.7 Å². The number of piperidine rings is 1. The van der Waals surface area contributed by atoms with Crippen molar-refractivity contribution >= 4 is 11.9 Å². The standard InChI is InChI=1S/C21H34N4O/c1-5-23-20(25-11-7-9-17(14-25)13-19(22)26)24-15-21(3,4)18-10-6-8-16(2)12-18/h6,8,10,12,17H,5,7,9,11,13-15H2,1-4H3,(H2,22,26)(H,23,24). The van der Waals surface area contributed by atoms with Crippen LogP contribution in [0.3, 0.4) is 0 Å². The van der Waals surface area contributed by atoms with Crippen molar-refractivity contribution in [3.8, 4) is 0 Å². The van der Waals surface area contributed by atoms with Crippen LogP contribution in [-0.4, -0.2) is 42.9 Å². The second-order valence-electron chi connectivity index (χ2n) is 8.05. The van der Waals surface area contributed by atoms with Crippen LogP contribution in [0.1, 0.15) is 51.2 Å². The zero-order valence-electron chi connectivity index (χ0n) is 16.7. The molecule has 5 heteroatoms. The number of rotatable bonds is 6. The summed E-state index contributed by atoms with van der Waals surface area (Å²) in [4.78, 5) is 18.5. The first-order valence-electron chi connectivity index (χ1n) is 9.70. The summed E-state index contributed by atoms with van der Waals surface area (Å²) in [6.07, 6.45) is 2.60. The van der Waals surface area contributed by atoms with Gasteiger partial charge in [0.15, 0.2) is 5.96 Å². The van der Waals surface area contributed by atoms with Crippen molar-refractivity contribution in [3.05, 3.63) is 35.4 Å². The molecule has 0 saturated carbocycles. The number of hydrogen-bond donors (Lipinski definition) is 2. The number of nitrogens with two attached hydrogens (primary N) is 1. The van der Waals surface area contributed by atoms with E-state index in [-0.39, 0.29) is 11.3 Å². The molecule has 1 aromatic carbocycles. The van der Waals surface area contributed by atoms with Crippen LogP contribution >= 0.6 is 0 Å². The first-order chi connectivity index (χ1) is 12.3. The van der Waals surface area contributed by atoms with Crippen molar-refractivity contribution in [3.63, 3.8) is 0 Å². The molecule has 144 valence electrons. The average Bonchev–Trinajstić information content (AvgIpc) is 2.58. The number of amides is 1. The fourth-order valence-corrected chi connectivity index (χ4v) is 3.56. The Morgan fingerprint density at radius 2 is 2.19 bits per heavy atom. The van der Waals surface area contributed by atoms with Crippen molar-refractivity contribution in [2.45, 2.75) is 52.4 Å². The molecular formula is C21H34N4O. The Kier molecular flexibility index (Phi) is 7.06. The Balaban J connectivity index is 2.11. The summed E-state index contributed by atoms with van der Waals surface area (Å²) in [5.74, 6) is 1.07. The lowest BCUT2D eigenvalue weighted by Gasteiger charge is -2.35. The van der Waals surface area contributed by atoms with E-state index in [4.69, 9.17) is 10.7 Å². The number of guanidine groups is 1. The summed E-state index contributed by atoms with van der Waals surface area (Å²) in [7, 11) is 0. The molecule has 1 saturated heterocycles. The molecule has 1 amide bonds. The van der Waals surface area contributed by atoms with Crippen molar-refractivity contribution in [2.75, 3.05) is 26.2 Å². The summed E-state index contributed by atoms with van der Waals surface area (Å²) >= 11 is 0. The summed E-state index contributed by atoms with van der Waals surface area (Å²) in [5, 5.41) is 3.42. The fraction of sp³-hybridized carbons (Fsp3) is 0.619. The van der Waals surface area contributed by atoms with E-state index in [1.165, 1.54) is 11.1 Å².